The quantitative estimate of drug-likeness (QED) is 0.705. The molecule has 0 fully saturated rings. The van der Waals surface area contributed by atoms with Gasteiger partial charge in [-0.1, -0.05) is 29.8 Å². The minimum absolute atomic E-state index is 0.408. The number of hydrogen-bond donors (Lipinski definition) is 2. The first-order chi connectivity index (χ1) is 11.5. The molecule has 0 amide bonds. The molecule has 3 rings (SSSR count). The van der Waals surface area contributed by atoms with Gasteiger partial charge in [0.25, 0.3) is 0 Å². The maximum atomic E-state index is 6.14. The van der Waals surface area contributed by atoms with Gasteiger partial charge in [0.15, 0.2) is 5.82 Å². The Morgan fingerprint density at radius 1 is 0.958 bits per heavy atom. The minimum atomic E-state index is 0.408. The summed E-state index contributed by atoms with van der Waals surface area (Å²) in [5.74, 6) is 1.03. The Morgan fingerprint density at radius 2 is 1.79 bits per heavy atom. The third-order valence-electron chi connectivity index (χ3n) is 3.85. The van der Waals surface area contributed by atoms with E-state index in [0.29, 0.717) is 16.8 Å². The highest BCUT2D eigenvalue weighted by molar-refractivity contribution is 6.31. The second-order valence-electron chi connectivity index (χ2n) is 5.63. The van der Waals surface area contributed by atoms with Crippen LogP contribution in [0.1, 0.15) is 16.7 Å². The maximum absolute atomic E-state index is 6.14. The molecule has 122 valence electrons. The second kappa shape index (κ2) is 6.84. The maximum Gasteiger partial charge on any atom is 0.249 e. The first kappa shape index (κ1) is 16.2. The molecule has 0 bridgehead atoms. The first-order valence-corrected chi connectivity index (χ1v) is 7.97. The van der Waals surface area contributed by atoms with Crippen LogP contribution in [0.5, 0.6) is 0 Å². The highest BCUT2D eigenvalue weighted by Crippen LogP contribution is 2.24. The largest absolute Gasteiger partial charge is 0.339 e. The molecule has 0 aliphatic rings. The van der Waals surface area contributed by atoms with E-state index in [2.05, 4.69) is 45.7 Å². The van der Waals surface area contributed by atoms with Gasteiger partial charge in [-0.05, 0) is 55.7 Å². The fourth-order valence-corrected chi connectivity index (χ4v) is 2.42. The van der Waals surface area contributed by atoms with Crippen LogP contribution in [-0.4, -0.2) is 15.2 Å². The number of aryl methyl sites for hydroxylation is 2. The van der Waals surface area contributed by atoms with Gasteiger partial charge in [-0.2, -0.15) is 10.1 Å². The van der Waals surface area contributed by atoms with Gasteiger partial charge in [-0.15, -0.1) is 5.10 Å². The van der Waals surface area contributed by atoms with E-state index in [4.69, 9.17) is 11.6 Å². The fraction of sp³-hybridized carbons (Fsp3) is 0.167. The smallest absolute Gasteiger partial charge is 0.249 e. The number of anilines is 4. The van der Waals surface area contributed by atoms with E-state index < -0.39 is 0 Å². The molecule has 0 unspecified atom stereocenters. The summed E-state index contributed by atoms with van der Waals surface area (Å²) in [5.41, 5.74) is 5.23. The van der Waals surface area contributed by atoms with Crippen LogP contribution in [0, 0.1) is 20.8 Å². The van der Waals surface area contributed by atoms with E-state index in [9.17, 15) is 0 Å². The number of nitrogens with one attached hydrogen (secondary N) is 2. The van der Waals surface area contributed by atoms with Crippen molar-refractivity contribution in [3.8, 4) is 0 Å². The van der Waals surface area contributed by atoms with E-state index >= 15 is 0 Å². The molecule has 0 saturated carbocycles. The Kier molecular flexibility index (Phi) is 4.62. The van der Waals surface area contributed by atoms with Crippen LogP contribution in [0.25, 0.3) is 0 Å². The predicted molar refractivity (Wildman–Crippen MR) is 98.5 cm³/mol. The number of hydrogen-bond acceptors (Lipinski definition) is 5. The fourth-order valence-electron chi connectivity index (χ4n) is 2.24. The van der Waals surface area contributed by atoms with Crippen molar-refractivity contribution in [3.05, 3.63) is 64.3 Å². The monoisotopic (exact) mass is 339 g/mol. The van der Waals surface area contributed by atoms with Gasteiger partial charge in [0.1, 0.15) is 0 Å². The summed E-state index contributed by atoms with van der Waals surface area (Å²) in [7, 11) is 0. The normalized spacial score (nSPS) is 10.5. The molecule has 1 heterocycles. The lowest BCUT2D eigenvalue weighted by molar-refractivity contribution is 0.982. The van der Waals surface area contributed by atoms with E-state index in [1.54, 1.807) is 6.20 Å². The Balaban J connectivity index is 1.81. The molecule has 0 radical (unpaired) electrons. The van der Waals surface area contributed by atoms with Crippen LogP contribution in [0.3, 0.4) is 0 Å². The van der Waals surface area contributed by atoms with Crippen molar-refractivity contribution in [1.82, 2.24) is 15.2 Å². The summed E-state index contributed by atoms with van der Waals surface area (Å²) < 4.78 is 0. The van der Waals surface area contributed by atoms with Crippen molar-refractivity contribution >= 4 is 34.7 Å². The molecule has 0 aliphatic carbocycles. The van der Waals surface area contributed by atoms with Crippen LogP contribution in [0.2, 0.25) is 5.02 Å². The molecule has 1 aromatic heterocycles. The highest BCUT2D eigenvalue weighted by atomic mass is 35.5. The van der Waals surface area contributed by atoms with Crippen molar-refractivity contribution in [2.24, 2.45) is 0 Å². The van der Waals surface area contributed by atoms with Crippen molar-refractivity contribution < 1.29 is 0 Å². The number of aromatic nitrogens is 3. The first-order valence-electron chi connectivity index (χ1n) is 7.59. The molecule has 24 heavy (non-hydrogen) atoms. The SMILES string of the molecule is Cc1ccc(Nc2nncc(Nc3cccc(C)c3C)n2)cc1Cl. The van der Waals surface area contributed by atoms with E-state index in [-0.39, 0.29) is 0 Å². The minimum Gasteiger partial charge on any atom is -0.339 e. The topological polar surface area (TPSA) is 62.7 Å². The van der Waals surface area contributed by atoms with Gasteiger partial charge < -0.3 is 10.6 Å². The molecule has 5 nitrogen and oxygen atoms in total. The van der Waals surface area contributed by atoms with Crippen LogP contribution < -0.4 is 10.6 Å². The Bertz CT molecular complexity index is 879. The van der Waals surface area contributed by atoms with Gasteiger partial charge in [-0.25, -0.2) is 0 Å². The summed E-state index contributed by atoms with van der Waals surface area (Å²) in [5, 5.41) is 15.1. The molecule has 2 N–H and O–H groups in total. The predicted octanol–water partition coefficient (Wildman–Crippen LogP) is 4.94. The Morgan fingerprint density at radius 3 is 2.58 bits per heavy atom. The van der Waals surface area contributed by atoms with E-state index in [1.807, 2.05) is 37.3 Å². The third kappa shape index (κ3) is 3.63. The van der Waals surface area contributed by atoms with Crippen LogP contribution in [-0.2, 0) is 0 Å². The molecule has 6 heteroatoms. The zero-order valence-electron chi connectivity index (χ0n) is 13.8. The zero-order chi connectivity index (χ0) is 17.1. The third-order valence-corrected chi connectivity index (χ3v) is 4.26. The van der Waals surface area contributed by atoms with Gasteiger partial charge in [0, 0.05) is 16.4 Å². The van der Waals surface area contributed by atoms with Gasteiger partial charge >= 0.3 is 0 Å². The molecule has 0 spiro atoms. The number of halogens is 1. The summed E-state index contributed by atoms with van der Waals surface area (Å²) in [6.07, 6.45) is 1.59. The highest BCUT2D eigenvalue weighted by Gasteiger charge is 2.05. The van der Waals surface area contributed by atoms with E-state index in [0.717, 1.165) is 16.9 Å². The molecule has 3 aromatic rings. The van der Waals surface area contributed by atoms with Crippen LogP contribution >= 0.6 is 11.6 Å². The van der Waals surface area contributed by atoms with Gasteiger partial charge in [-0.3, -0.25) is 0 Å². The Labute approximate surface area is 146 Å². The molecule has 2 aromatic carbocycles. The standard InChI is InChI=1S/C18H18ClN5/c1-11-5-4-6-16(13(11)3)22-17-10-20-24-18(23-17)21-14-8-7-12(2)15(19)9-14/h4-10H,1-3H3,(H2,21,22,23,24). The molecular weight excluding hydrogens is 322 g/mol. The average molecular weight is 340 g/mol. The lowest BCUT2D eigenvalue weighted by Gasteiger charge is -2.11. The van der Waals surface area contributed by atoms with Gasteiger partial charge in [0.05, 0.1) is 6.20 Å². The number of nitrogens with zero attached hydrogens (tertiary/aromatic N) is 3. The lowest BCUT2D eigenvalue weighted by Crippen LogP contribution is -2.03. The van der Waals surface area contributed by atoms with E-state index in [1.165, 1.54) is 11.1 Å². The van der Waals surface area contributed by atoms with Crippen molar-refractivity contribution in [2.75, 3.05) is 10.6 Å². The van der Waals surface area contributed by atoms with Crippen LogP contribution in [0.4, 0.5) is 23.1 Å². The zero-order valence-corrected chi connectivity index (χ0v) is 14.5. The summed E-state index contributed by atoms with van der Waals surface area (Å²) in [6.45, 7) is 6.10. The molecule has 0 aliphatic heterocycles. The van der Waals surface area contributed by atoms with Crippen LogP contribution in [0.15, 0.2) is 42.6 Å². The van der Waals surface area contributed by atoms with Crippen molar-refractivity contribution in [1.29, 1.82) is 0 Å². The van der Waals surface area contributed by atoms with Crippen molar-refractivity contribution in [3.63, 3.8) is 0 Å². The molecular formula is C18H18ClN5. The summed E-state index contributed by atoms with van der Waals surface area (Å²) in [4.78, 5) is 4.45. The average Bonchev–Trinajstić information content (AvgIpc) is 2.56. The lowest BCUT2D eigenvalue weighted by atomic mass is 10.1. The summed E-state index contributed by atoms with van der Waals surface area (Å²) in [6, 6.07) is 11.8. The Hall–Kier alpha value is -2.66. The number of rotatable bonds is 4. The van der Waals surface area contributed by atoms with Gasteiger partial charge in [0.2, 0.25) is 5.95 Å². The summed E-state index contributed by atoms with van der Waals surface area (Å²) >= 11 is 6.14. The number of benzene rings is 2. The molecule has 0 atom stereocenters. The second-order valence-corrected chi connectivity index (χ2v) is 6.03. The molecule has 0 saturated heterocycles. The van der Waals surface area contributed by atoms with Crippen molar-refractivity contribution in [2.45, 2.75) is 20.8 Å².